The molecule has 0 aliphatic carbocycles. The largest absolute Gasteiger partial charge is 0.431 e. The lowest BCUT2D eigenvalue weighted by molar-refractivity contribution is -0.360. The van der Waals surface area contributed by atoms with Crippen LogP contribution in [0.15, 0.2) is 0 Å². The van der Waals surface area contributed by atoms with Gasteiger partial charge in [-0.05, 0) is 0 Å². The second kappa shape index (κ2) is 7.82. The average Bonchev–Trinajstić information content (AvgIpc) is 2.57. The number of hydrogen-bond donors (Lipinski definition) is 0. The molecule has 0 unspecified atom stereocenters. The predicted molar refractivity (Wildman–Crippen MR) is 53.9 cm³/mol. The molecule has 0 heterocycles. The Hall–Kier alpha value is -2.18. The molecule has 0 spiro atoms. The van der Waals surface area contributed by atoms with Crippen LogP contribution in [-0.4, -0.2) is 60.3 Å². The van der Waals surface area contributed by atoms with Crippen LogP contribution in [0.2, 0.25) is 0 Å². The highest BCUT2D eigenvalue weighted by atomic mass is 19.4. The molecule has 20 heteroatoms. The van der Waals surface area contributed by atoms with Crippen molar-refractivity contribution in [3.05, 3.63) is 0 Å². The van der Waals surface area contributed by atoms with Crippen molar-refractivity contribution in [2.45, 2.75) is 48.4 Å². The summed E-state index contributed by atoms with van der Waals surface area (Å²) in [5, 5.41) is 0. The first-order valence-electron chi connectivity index (χ1n) is 6.20. The third kappa shape index (κ3) is 4.03. The molecule has 0 aliphatic rings. The molecule has 0 aliphatic heterocycles. The van der Waals surface area contributed by atoms with E-state index in [1.165, 1.54) is 0 Å². The molecular weight excluding hydrogens is 488 g/mol. The molecule has 0 radical (unpaired) electrons. The van der Waals surface area contributed by atoms with Crippen molar-refractivity contribution in [3.63, 3.8) is 0 Å². The summed E-state index contributed by atoms with van der Waals surface area (Å²) in [6.45, 7) is 0. The lowest BCUT2D eigenvalue weighted by Crippen LogP contribution is -2.62. The fourth-order valence-electron chi connectivity index (χ4n) is 1.13. The summed E-state index contributed by atoms with van der Waals surface area (Å²) in [6.07, 6.45) is -11.2. The van der Waals surface area contributed by atoms with Crippen LogP contribution < -0.4 is 0 Å². The summed E-state index contributed by atoms with van der Waals surface area (Å²) in [6, 6.07) is 0. The SMILES string of the molecule is O=C(OOC(=O)C(F)(F)C(F)(F)C(F)(F)C(F)F)C(F)(F)C(F)(F)C(F)(F)C(F)F. The van der Waals surface area contributed by atoms with Crippen LogP contribution in [0.25, 0.3) is 0 Å². The van der Waals surface area contributed by atoms with Gasteiger partial charge in [0.2, 0.25) is 0 Å². The Kier molecular flexibility index (Phi) is 7.25. The molecule has 0 fully saturated rings. The molecule has 0 atom stereocenters. The minimum absolute atomic E-state index is 2.14. The number of alkyl halides is 16. The predicted octanol–water partition coefficient (Wildman–Crippen LogP) is 4.33. The number of rotatable bonds is 8. The van der Waals surface area contributed by atoms with Gasteiger partial charge in [0.05, 0.1) is 0 Å². The van der Waals surface area contributed by atoms with E-state index in [0.717, 1.165) is 0 Å². The van der Waals surface area contributed by atoms with Gasteiger partial charge >= 0.3 is 60.3 Å². The molecule has 0 amide bonds. The maximum Gasteiger partial charge on any atom is 0.431 e. The molecule has 0 rings (SSSR count). The van der Waals surface area contributed by atoms with Crippen LogP contribution in [0.1, 0.15) is 0 Å². The van der Waals surface area contributed by atoms with Crippen LogP contribution in [-0.2, 0) is 19.4 Å². The zero-order chi connectivity index (χ0) is 24.7. The number of carbonyl (C=O) groups is 2. The molecule has 0 saturated carbocycles. The molecule has 0 aromatic heterocycles. The van der Waals surface area contributed by atoms with Crippen molar-refractivity contribution < 1.29 is 89.6 Å². The first-order valence-corrected chi connectivity index (χ1v) is 6.20. The molecule has 0 N–H and O–H groups in total. The van der Waals surface area contributed by atoms with Crippen molar-refractivity contribution in [3.8, 4) is 0 Å². The zero-order valence-electron chi connectivity index (χ0n) is 12.8. The van der Waals surface area contributed by atoms with Gasteiger partial charge in [-0.2, -0.15) is 52.7 Å². The van der Waals surface area contributed by atoms with E-state index in [1.807, 2.05) is 0 Å². The van der Waals surface area contributed by atoms with Crippen molar-refractivity contribution in [1.29, 1.82) is 0 Å². The summed E-state index contributed by atoms with van der Waals surface area (Å²) in [4.78, 5) is 25.4. The van der Waals surface area contributed by atoms with Crippen molar-refractivity contribution >= 4 is 11.9 Å². The van der Waals surface area contributed by atoms with Crippen LogP contribution in [0.3, 0.4) is 0 Å². The van der Waals surface area contributed by atoms with Gasteiger partial charge in [0.15, 0.2) is 0 Å². The minimum Gasteiger partial charge on any atom is -0.240 e. The van der Waals surface area contributed by atoms with Gasteiger partial charge in [0.1, 0.15) is 0 Å². The highest BCUT2D eigenvalue weighted by Crippen LogP contribution is 2.50. The smallest absolute Gasteiger partial charge is 0.240 e. The lowest BCUT2D eigenvalue weighted by atomic mass is 10.1. The molecule has 0 saturated heterocycles. The maximum atomic E-state index is 12.9. The van der Waals surface area contributed by atoms with Gasteiger partial charge in [-0.1, -0.05) is 0 Å². The van der Waals surface area contributed by atoms with Gasteiger partial charge in [0, 0.05) is 0 Å². The number of carbonyl (C=O) groups excluding carboxylic acids is 2. The van der Waals surface area contributed by atoms with E-state index in [2.05, 4.69) is 9.78 Å². The highest BCUT2D eigenvalue weighted by molar-refractivity contribution is 5.82. The first kappa shape index (κ1) is 27.8. The summed E-state index contributed by atoms with van der Waals surface area (Å²) in [7, 11) is 0. The van der Waals surface area contributed by atoms with Crippen molar-refractivity contribution in [2.24, 2.45) is 0 Å². The maximum absolute atomic E-state index is 12.9. The normalized spacial score (nSPS) is 14.9. The molecular formula is C10H2F16O4. The molecule has 0 aromatic carbocycles. The van der Waals surface area contributed by atoms with Gasteiger partial charge in [-0.25, -0.2) is 36.9 Å². The van der Waals surface area contributed by atoms with Gasteiger partial charge in [-0.3, -0.25) is 0 Å². The summed E-state index contributed by atoms with van der Waals surface area (Å²) in [5.41, 5.74) is 0. The first-order chi connectivity index (χ1) is 12.9. The fourth-order valence-corrected chi connectivity index (χ4v) is 1.13. The van der Waals surface area contributed by atoms with E-state index in [4.69, 9.17) is 0 Å². The van der Waals surface area contributed by atoms with Crippen LogP contribution in [0, 0.1) is 0 Å². The minimum atomic E-state index is -7.37. The molecule has 178 valence electrons. The van der Waals surface area contributed by atoms with E-state index >= 15 is 0 Å². The summed E-state index contributed by atoms with van der Waals surface area (Å²) >= 11 is 0. The van der Waals surface area contributed by atoms with Gasteiger partial charge in [0.25, 0.3) is 0 Å². The van der Waals surface area contributed by atoms with Crippen LogP contribution in [0.5, 0.6) is 0 Å². The standard InChI is InChI=1S/C10H2F16O4/c11-1(12)5(15,16)9(23,24)7(19,20)3(27)29-30-4(28)8(21,22)10(25,26)6(17,18)2(13)14/h1-2H. The number of halogens is 16. The van der Waals surface area contributed by atoms with E-state index in [1.54, 1.807) is 0 Å². The number of hydrogen-bond acceptors (Lipinski definition) is 4. The Labute approximate surface area is 151 Å². The van der Waals surface area contributed by atoms with E-state index in [0.29, 0.717) is 0 Å². The molecule has 0 bridgehead atoms. The second-order valence-electron chi connectivity index (χ2n) is 4.89. The van der Waals surface area contributed by atoms with E-state index < -0.39 is 60.3 Å². The Balaban J connectivity index is 5.65. The lowest BCUT2D eigenvalue weighted by Gasteiger charge is -2.31. The van der Waals surface area contributed by atoms with Crippen LogP contribution in [0.4, 0.5) is 70.2 Å². The van der Waals surface area contributed by atoms with Gasteiger partial charge < -0.3 is 0 Å². The molecule has 0 aromatic rings. The topological polar surface area (TPSA) is 52.6 Å². The van der Waals surface area contributed by atoms with E-state index in [-0.39, 0.29) is 0 Å². The Morgan fingerprint density at radius 2 is 0.700 bits per heavy atom. The Morgan fingerprint density at radius 1 is 0.500 bits per heavy atom. The highest BCUT2D eigenvalue weighted by Gasteiger charge is 2.81. The third-order valence-electron chi connectivity index (χ3n) is 2.88. The quantitative estimate of drug-likeness (QED) is 0.289. The van der Waals surface area contributed by atoms with Crippen LogP contribution >= 0.6 is 0 Å². The second-order valence-corrected chi connectivity index (χ2v) is 4.89. The Morgan fingerprint density at radius 3 is 0.867 bits per heavy atom. The van der Waals surface area contributed by atoms with Crippen molar-refractivity contribution in [2.75, 3.05) is 0 Å². The Bertz CT molecular complexity index is 600. The fraction of sp³-hybridized carbons (Fsp3) is 0.800. The summed E-state index contributed by atoms with van der Waals surface area (Å²) in [5.74, 6) is -51.6. The molecule has 4 nitrogen and oxygen atoms in total. The summed E-state index contributed by atoms with van der Waals surface area (Å²) < 4.78 is 200. The monoisotopic (exact) mass is 490 g/mol. The zero-order valence-corrected chi connectivity index (χ0v) is 12.8. The molecule has 30 heavy (non-hydrogen) atoms. The van der Waals surface area contributed by atoms with Gasteiger partial charge in [-0.15, -0.1) is 0 Å². The average molecular weight is 490 g/mol. The van der Waals surface area contributed by atoms with Crippen molar-refractivity contribution in [1.82, 2.24) is 0 Å². The third-order valence-corrected chi connectivity index (χ3v) is 2.88. The van der Waals surface area contributed by atoms with E-state index in [9.17, 15) is 79.8 Å².